The molecule has 2 rings (SSSR count). The molecule has 2 aromatic rings. The van der Waals surface area contributed by atoms with Crippen molar-refractivity contribution in [1.29, 1.82) is 0 Å². The Balaban J connectivity index is 2.40. The summed E-state index contributed by atoms with van der Waals surface area (Å²) in [7, 11) is 4.56. The SMILES string of the molecule is COC(=O)c1cccnc1Cc1cc(OC)ccc1OC. The van der Waals surface area contributed by atoms with E-state index in [1.54, 1.807) is 32.5 Å². The highest BCUT2D eigenvalue weighted by Crippen LogP contribution is 2.26. The smallest absolute Gasteiger partial charge is 0.339 e. The van der Waals surface area contributed by atoms with Gasteiger partial charge in [0.1, 0.15) is 11.5 Å². The topological polar surface area (TPSA) is 57.7 Å². The Hall–Kier alpha value is -2.56. The number of hydrogen-bond acceptors (Lipinski definition) is 5. The molecule has 1 aromatic carbocycles. The molecule has 21 heavy (non-hydrogen) atoms. The van der Waals surface area contributed by atoms with Crippen molar-refractivity contribution in [3.63, 3.8) is 0 Å². The maximum Gasteiger partial charge on any atom is 0.339 e. The van der Waals surface area contributed by atoms with Crippen LogP contribution in [-0.2, 0) is 11.2 Å². The molecular weight excluding hydrogens is 270 g/mol. The standard InChI is InChI=1S/C16H17NO4/c1-19-12-6-7-15(20-2)11(9-12)10-14-13(16(18)21-3)5-4-8-17-14/h4-9H,10H2,1-3H3. The van der Waals surface area contributed by atoms with Crippen LogP contribution >= 0.6 is 0 Å². The third-order valence-electron chi connectivity index (χ3n) is 3.14. The number of carbonyl (C=O) groups is 1. The average Bonchev–Trinajstić information content (AvgIpc) is 2.54. The van der Waals surface area contributed by atoms with Crippen molar-refractivity contribution in [3.8, 4) is 11.5 Å². The summed E-state index contributed by atoms with van der Waals surface area (Å²) >= 11 is 0. The number of rotatable bonds is 5. The van der Waals surface area contributed by atoms with E-state index in [1.807, 2.05) is 18.2 Å². The fraction of sp³-hybridized carbons (Fsp3) is 0.250. The first-order valence-corrected chi connectivity index (χ1v) is 6.42. The highest BCUT2D eigenvalue weighted by Gasteiger charge is 2.15. The Morgan fingerprint density at radius 2 is 1.95 bits per heavy atom. The maximum absolute atomic E-state index is 11.8. The average molecular weight is 287 g/mol. The zero-order chi connectivity index (χ0) is 15.2. The summed E-state index contributed by atoms with van der Waals surface area (Å²) in [5.41, 5.74) is 1.97. The number of esters is 1. The molecule has 0 unspecified atom stereocenters. The molecule has 0 saturated heterocycles. The lowest BCUT2D eigenvalue weighted by molar-refractivity contribution is 0.0599. The minimum atomic E-state index is -0.403. The van der Waals surface area contributed by atoms with E-state index in [-0.39, 0.29) is 0 Å². The number of methoxy groups -OCH3 is 3. The van der Waals surface area contributed by atoms with Gasteiger partial charge in [-0.15, -0.1) is 0 Å². The predicted molar refractivity (Wildman–Crippen MR) is 77.9 cm³/mol. The third kappa shape index (κ3) is 3.31. The lowest BCUT2D eigenvalue weighted by atomic mass is 10.0. The van der Waals surface area contributed by atoms with E-state index in [0.29, 0.717) is 17.7 Å². The van der Waals surface area contributed by atoms with Gasteiger partial charge in [0.25, 0.3) is 0 Å². The molecule has 0 aliphatic heterocycles. The Morgan fingerprint density at radius 3 is 2.62 bits per heavy atom. The predicted octanol–water partition coefficient (Wildman–Crippen LogP) is 2.48. The summed E-state index contributed by atoms with van der Waals surface area (Å²) < 4.78 is 15.3. The van der Waals surface area contributed by atoms with E-state index in [1.165, 1.54) is 7.11 Å². The van der Waals surface area contributed by atoms with Crippen molar-refractivity contribution in [3.05, 3.63) is 53.3 Å². The van der Waals surface area contributed by atoms with Gasteiger partial charge in [-0.3, -0.25) is 4.98 Å². The van der Waals surface area contributed by atoms with Crippen LogP contribution in [0.15, 0.2) is 36.5 Å². The number of pyridine rings is 1. The highest BCUT2D eigenvalue weighted by molar-refractivity contribution is 5.90. The van der Waals surface area contributed by atoms with Gasteiger partial charge in [0, 0.05) is 18.2 Å². The number of benzene rings is 1. The molecule has 0 radical (unpaired) electrons. The number of hydrogen-bond donors (Lipinski definition) is 0. The molecule has 0 fully saturated rings. The van der Waals surface area contributed by atoms with Crippen molar-refractivity contribution < 1.29 is 19.0 Å². The summed E-state index contributed by atoms with van der Waals surface area (Å²) in [6.07, 6.45) is 2.10. The molecule has 0 aliphatic carbocycles. The first kappa shape index (κ1) is 14.8. The Morgan fingerprint density at radius 1 is 1.14 bits per heavy atom. The lowest BCUT2D eigenvalue weighted by Crippen LogP contribution is -2.08. The molecule has 0 aliphatic rings. The Bertz CT molecular complexity index is 640. The van der Waals surface area contributed by atoms with E-state index in [0.717, 1.165) is 17.1 Å². The van der Waals surface area contributed by atoms with E-state index in [4.69, 9.17) is 14.2 Å². The van der Waals surface area contributed by atoms with E-state index >= 15 is 0 Å². The van der Waals surface area contributed by atoms with Crippen LogP contribution < -0.4 is 9.47 Å². The lowest BCUT2D eigenvalue weighted by Gasteiger charge is -2.11. The molecule has 0 spiro atoms. The van der Waals surface area contributed by atoms with Gasteiger partial charge >= 0.3 is 5.97 Å². The molecule has 0 bridgehead atoms. The molecule has 1 aromatic heterocycles. The van der Waals surface area contributed by atoms with Crippen molar-refractivity contribution in [2.45, 2.75) is 6.42 Å². The van der Waals surface area contributed by atoms with Crippen LogP contribution in [0, 0.1) is 0 Å². The van der Waals surface area contributed by atoms with Crippen LogP contribution in [0.2, 0.25) is 0 Å². The second-order valence-electron chi connectivity index (χ2n) is 4.34. The summed E-state index contributed by atoms with van der Waals surface area (Å²) in [5, 5.41) is 0. The molecule has 0 N–H and O–H groups in total. The van der Waals surface area contributed by atoms with Crippen LogP contribution in [0.5, 0.6) is 11.5 Å². The summed E-state index contributed by atoms with van der Waals surface area (Å²) in [4.78, 5) is 16.1. The van der Waals surface area contributed by atoms with Gasteiger partial charge in [-0.05, 0) is 30.3 Å². The van der Waals surface area contributed by atoms with Gasteiger partial charge in [0.15, 0.2) is 0 Å². The van der Waals surface area contributed by atoms with Gasteiger partial charge in [-0.2, -0.15) is 0 Å². The van der Waals surface area contributed by atoms with Crippen LogP contribution in [0.25, 0.3) is 0 Å². The number of ether oxygens (including phenoxy) is 3. The summed E-state index contributed by atoms with van der Waals surface area (Å²) in [6, 6.07) is 8.92. The van der Waals surface area contributed by atoms with Crippen LogP contribution in [0.1, 0.15) is 21.6 Å². The minimum absolute atomic E-state index is 0.403. The molecule has 0 amide bonds. The van der Waals surface area contributed by atoms with Gasteiger partial charge < -0.3 is 14.2 Å². The van der Waals surface area contributed by atoms with Crippen LogP contribution in [0.3, 0.4) is 0 Å². The van der Waals surface area contributed by atoms with Crippen LogP contribution in [0.4, 0.5) is 0 Å². The molecule has 1 heterocycles. The second kappa shape index (κ2) is 6.74. The largest absolute Gasteiger partial charge is 0.497 e. The second-order valence-corrected chi connectivity index (χ2v) is 4.34. The van der Waals surface area contributed by atoms with E-state index in [9.17, 15) is 4.79 Å². The van der Waals surface area contributed by atoms with Gasteiger partial charge in [-0.1, -0.05) is 0 Å². The maximum atomic E-state index is 11.8. The molecule has 0 atom stereocenters. The highest BCUT2D eigenvalue weighted by atomic mass is 16.5. The third-order valence-corrected chi connectivity index (χ3v) is 3.14. The summed E-state index contributed by atoms with van der Waals surface area (Å²) in [5.74, 6) is 1.04. The number of aromatic nitrogens is 1. The fourth-order valence-electron chi connectivity index (χ4n) is 2.08. The van der Waals surface area contributed by atoms with Crippen LogP contribution in [-0.4, -0.2) is 32.3 Å². The molecule has 5 nitrogen and oxygen atoms in total. The number of nitrogens with zero attached hydrogens (tertiary/aromatic N) is 1. The summed E-state index contributed by atoms with van der Waals surface area (Å²) in [6.45, 7) is 0. The molecule has 5 heteroatoms. The van der Waals surface area contributed by atoms with Gasteiger partial charge in [0.05, 0.1) is 32.6 Å². The first-order chi connectivity index (χ1) is 10.2. The van der Waals surface area contributed by atoms with Gasteiger partial charge in [-0.25, -0.2) is 4.79 Å². The monoisotopic (exact) mass is 287 g/mol. The fourth-order valence-corrected chi connectivity index (χ4v) is 2.08. The number of carbonyl (C=O) groups excluding carboxylic acids is 1. The van der Waals surface area contributed by atoms with Crippen molar-refractivity contribution in [2.75, 3.05) is 21.3 Å². The van der Waals surface area contributed by atoms with E-state index < -0.39 is 5.97 Å². The van der Waals surface area contributed by atoms with Crippen molar-refractivity contribution in [1.82, 2.24) is 4.98 Å². The molecular formula is C16H17NO4. The Labute approximate surface area is 123 Å². The van der Waals surface area contributed by atoms with Gasteiger partial charge in [0.2, 0.25) is 0 Å². The first-order valence-electron chi connectivity index (χ1n) is 6.42. The Kier molecular flexibility index (Phi) is 4.77. The van der Waals surface area contributed by atoms with Crippen molar-refractivity contribution in [2.24, 2.45) is 0 Å². The van der Waals surface area contributed by atoms with E-state index in [2.05, 4.69) is 4.98 Å². The zero-order valence-corrected chi connectivity index (χ0v) is 12.3. The van der Waals surface area contributed by atoms with Crippen molar-refractivity contribution >= 4 is 5.97 Å². The molecule has 110 valence electrons. The normalized spacial score (nSPS) is 10.0. The minimum Gasteiger partial charge on any atom is -0.497 e. The zero-order valence-electron chi connectivity index (χ0n) is 12.3. The molecule has 0 saturated carbocycles. The quantitative estimate of drug-likeness (QED) is 0.791.